The fourth-order valence-electron chi connectivity index (χ4n) is 2.94. The highest BCUT2D eigenvalue weighted by Crippen LogP contribution is 2.25. The van der Waals surface area contributed by atoms with Crippen molar-refractivity contribution in [2.75, 3.05) is 25.0 Å². The highest BCUT2D eigenvalue weighted by molar-refractivity contribution is 5.98. The van der Waals surface area contributed by atoms with Crippen LogP contribution in [-0.4, -0.2) is 43.0 Å². The number of carbonyl (C=O) groups is 1. The Morgan fingerprint density at radius 3 is 2.37 bits per heavy atom. The van der Waals surface area contributed by atoms with E-state index in [9.17, 15) is 4.79 Å². The summed E-state index contributed by atoms with van der Waals surface area (Å²) in [6.45, 7) is 7.41. The Morgan fingerprint density at radius 1 is 1.26 bits per heavy atom. The van der Waals surface area contributed by atoms with Crippen LogP contribution in [0.4, 0.5) is 5.69 Å². The molecule has 1 aliphatic heterocycles. The van der Waals surface area contributed by atoms with Crippen LogP contribution in [-0.2, 0) is 4.79 Å². The number of piperazine rings is 1. The minimum absolute atomic E-state index is 0.105. The lowest BCUT2D eigenvalue weighted by atomic mass is 10.0. The highest BCUT2D eigenvalue weighted by Gasteiger charge is 2.36. The summed E-state index contributed by atoms with van der Waals surface area (Å²) in [7, 11) is 1.96. The second-order valence-electron chi connectivity index (χ2n) is 5.59. The normalized spacial score (nSPS) is 24.9. The van der Waals surface area contributed by atoms with Crippen LogP contribution in [0.3, 0.4) is 0 Å². The third-order valence-corrected chi connectivity index (χ3v) is 3.76. The fraction of sp³-hybridized carbons (Fsp3) is 0.533. The lowest BCUT2D eigenvalue weighted by Gasteiger charge is -2.42. The maximum atomic E-state index is 12.6. The predicted molar refractivity (Wildman–Crippen MR) is 78.3 cm³/mol. The summed E-state index contributed by atoms with van der Waals surface area (Å²) in [5.74, 6) is 0.105. The Labute approximate surface area is 115 Å². The Bertz CT molecular complexity index is 466. The van der Waals surface area contributed by atoms with Crippen molar-refractivity contribution in [1.29, 1.82) is 0 Å². The maximum Gasteiger partial charge on any atom is 0.245 e. The van der Waals surface area contributed by atoms with E-state index >= 15 is 0 Å². The van der Waals surface area contributed by atoms with Gasteiger partial charge in [-0.25, -0.2) is 0 Å². The highest BCUT2D eigenvalue weighted by atomic mass is 16.2. The number of amides is 1. The van der Waals surface area contributed by atoms with E-state index in [4.69, 9.17) is 5.73 Å². The first-order valence-corrected chi connectivity index (χ1v) is 6.75. The van der Waals surface area contributed by atoms with Crippen molar-refractivity contribution in [2.24, 2.45) is 5.73 Å². The quantitative estimate of drug-likeness (QED) is 0.873. The van der Waals surface area contributed by atoms with E-state index in [2.05, 4.69) is 39.0 Å². The average molecular weight is 261 g/mol. The lowest BCUT2D eigenvalue weighted by Crippen LogP contribution is -2.62. The van der Waals surface area contributed by atoms with Crippen molar-refractivity contribution < 1.29 is 4.79 Å². The van der Waals surface area contributed by atoms with Gasteiger partial charge < -0.3 is 10.6 Å². The molecule has 2 N–H and O–H groups in total. The lowest BCUT2D eigenvalue weighted by molar-refractivity contribution is -0.125. The van der Waals surface area contributed by atoms with Gasteiger partial charge in [-0.1, -0.05) is 6.07 Å². The van der Waals surface area contributed by atoms with E-state index in [1.807, 2.05) is 16.8 Å². The van der Waals surface area contributed by atoms with Crippen molar-refractivity contribution in [3.05, 3.63) is 29.3 Å². The number of anilines is 1. The summed E-state index contributed by atoms with van der Waals surface area (Å²) in [5, 5.41) is 0. The molecule has 4 nitrogen and oxygen atoms in total. The Kier molecular flexibility index (Phi) is 3.92. The first-order chi connectivity index (χ1) is 8.93. The summed E-state index contributed by atoms with van der Waals surface area (Å²) in [6, 6.07) is 6.22. The molecule has 1 aromatic carbocycles. The summed E-state index contributed by atoms with van der Waals surface area (Å²) in [4.78, 5) is 16.6. The molecule has 2 rings (SSSR count). The largest absolute Gasteiger partial charge is 0.328 e. The van der Waals surface area contributed by atoms with Gasteiger partial charge >= 0.3 is 0 Å². The summed E-state index contributed by atoms with van der Waals surface area (Å²) in [6.07, 6.45) is 0. The molecule has 19 heavy (non-hydrogen) atoms. The van der Waals surface area contributed by atoms with E-state index in [1.54, 1.807) is 0 Å². The number of nitrogens with zero attached hydrogens (tertiary/aromatic N) is 2. The molecule has 1 amide bonds. The zero-order valence-electron chi connectivity index (χ0n) is 12.2. The summed E-state index contributed by atoms with van der Waals surface area (Å²) >= 11 is 0. The minimum atomic E-state index is -0.211. The SMILES string of the molecule is Cc1cc(C)cc(N2C(=O)C(CN)N(C)CC2C)c1. The van der Waals surface area contributed by atoms with E-state index in [-0.39, 0.29) is 18.0 Å². The van der Waals surface area contributed by atoms with Crippen LogP contribution in [0.2, 0.25) is 0 Å². The fourth-order valence-corrected chi connectivity index (χ4v) is 2.94. The first-order valence-electron chi connectivity index (χ1n) is 6.75. The van der Waals surface area contributed by atoms with E-state index in [1.165, 1.54) is 11.1 Å². The molecule has 0 aliphatic carbocycles. The molecule has 0 saturated carbocycles. The van der Waals surface area contributed by atoms with E-state index in [0.717, 1.165) is 12.2 Å². The van der Waals surface area contributed by atoms with Crippen LogP contribution in [0.15, 0.2) is 18.2 Å². The zero-order valence-corrected chi connectivity index (χ0v) is 12.2. The molecule has 1 heterocycles. The number of benzene rings is 1. The summed E-state index contributed by atoms with van der Waals surface area (Å²) < 4.78 is 0. The number of likely N-dealkylation sites (N-methyl/N-ethyl adjacent to an activating group) is 1. The topological polar surface area (TPSA) is 49.6 Å². The van der Waals surface area contributed by atoms with Crippen molar-refractivity contribution in [1.82, 2.24) is 4.90 Å². The first kappa shape index (κ1) is 14.0. The van der Waals surface area contributed by atoms with Crippen molar-refractivity contribution in [3.63, 3.8) is 0 Å². The van der Waals surface area contributed by atoms with Gasteiger partial charge in [0.1, 0.15) is 6.04 Å². The Morgan fingerprint density at radius 2 is 1.84 bits per heavy atom. The van der Waals surface area contributed by atoms with Gasteiger partial charge in [0.2, 0.25) is 5.91 Å². The molecule has 0 aromatic heterocycles. The average Bonchev–Trinajstić information content (AvgIpc) is 2.27. The number of carbonyl (C=O) groups excluding carboxylic acids is 1. The van der Waals surface area contributed by atoms with Gasteiger partial charge in [0.05, 0.1) is 0 Å². The molecule has 4 heteroatoms. The molecule has 1 fully saturated rings. The van der Waals surface area contributed by atoms with Gasteiger partial charge in [0.25, 0.3) is 0 Å². The molecule has 1 aliphatic rings. The van der Waals surface area contributed by atoms with E-state index < -0.39 is 0 Å². The molecule has 2 unspecified atom stereocenters. The molecule has 1 aromatic rings. The van der Waals surface area contributed by atoms with Crippen LogP contribution in [0, 0.1) is 13.8 Å². The molecule has 0 radical (unpaired) electrons. The summed E-state index contributed by atoms with van der Waals surface area (Å²) in [5.41, 5.74) is 9.09. The molecule has 0 bridgehead atoms. The Balaban J connectivity index is 2.39. The molecular formula is C15H23N3O. The minimum Gasteiger partial charge on any atom is -0.328 e. The number of rotatable bonds is 2. The van der Waals surface area contributed by atoms with Crippen molar-refractivity contribution >= 4 is 11.6 Å². The van der Waals surface area contributed by atoms with Gasteiger partial charge in [-0.2, -0.15) is 0 Å². The van der Waals surface area contributed by atoms with Crippen LogP contribution in [0.1, 0.15) is 18.1 Å². The van der Waals surface area contributed by atoms with Crippen LogP contribution in [0.25, 0.3) is 0 Å². The number of hydrogen-bond donors (Lipinski definition) is 1. The van der Waals surface area contributed by atoms with E-state index in [0.29, 0.717) is 6.54 Å². The van der Waals surface area contributed by atoms with Gasteiger partial charge in [0.15, 0.2) is 0 Å². The monoisotopic (exact) mass is 261 g/mol. The second-order valence-corrected chi connectivity index (χ2v) is 5.59. The van der Waals surface area contributed by atoms with Gasteiger partial charge in [-0.3, -0.25) is 9.69 Å². The predicted octanol–water partition coefficient (Wildman–Crippen LogP) is 1.30. The van der Waals surface area contributed by atoms with Crippen LogP contribution in [0.5, 0.6) is 0 Å². The van der Waals surface area contributed by atoms with Gasteiger partial charge in [-0.15, -0.1) is 0 Å². The van der Waals surface area contributed by atoms with Crippen LogP contribution < -0.4 is 10.6 Å². The number of hydrogen-bond acceptors (Lipinski definition) is 3. The number of aryl methyl sites for hydroxylation is 2. The molecule has 0 spiro atoms. The molecule has 104 valence electrons. The standard InChI is InChI=1S/C15H23N3O/c1-10-5-11(2)7-13(6-10)18-12(3)9-17(4)14(8-16)15(18)19/h5-7,12,14H,8-9,16H2,1-4H3. The molecular weight excluding hydrogens is 238 g/mol. The number of nitrogens with two attached hydrogens (primary N) is 1. The third-order valence-electron chi connectivity index (χ3n) is 3.76. The van der Waals surface area contributed by atoms with Crippen molar-refractivity contribution in [3.8, 4) is 0 Å². The molecule has 2 atom stereocenters. The van der Waals surface area contributed by atoms with Gasteiger partial charge in [-0.05, 0) is 51.1 Å². The zero-order chi connectivity index (χ0) is 14.2. The van der Waals surface area contributed by atoms with Crippen LogP contribution >= 0.6 is 0 Å². The second kappa shape index (κ2) is 5.31. The smallest absolute Gasteiger partial charge is 0.245 e. The maximum absolute atomic E-state index is 12.6. The van der Waals surface area contributed by atoms with Crippen molar-refractivity contribution in [2.45, 2.75) is 32.9 Å². The van der Waals surface area contributed by atoms with Gasteiger partial charge in [0, 0.05) is 24.8 Å². The third kappa shape index (κ3) is 2.65. The molecule has 1 saturated heterocycles. The Hall–Kier alpha value is -1.39.